The number of carboxylic acids is 1. The van der Waals surface area contributed by atoms with Crippen LogP contribution in [0.4, 0.5) is 10.5 Å². The molecule has 0 heterocycles. The van der Waals surface area contributed by atoms with Crippen molar-refractivity contribution >= 4 is 17.7 Å². The van der Waals surface area contributed by atoms with Gasteiger partial charge in [0.1, 0.15) is 0 Å². The van der Waals surface area contributed by atoms with Gasteiger partial charge in [-0.05, 0) is 42.7 Å². The Morgan fingerprint density at radius 1 is 1.33 bits per heavy atom. The lowest BCUT2D eigenvalue weighted by atomic mass is 10.1. The Hall–Kier alpha value is -2.04. The number of aryl methyl sites for hydroxylation is 1. The van der Waals surface area contributed by atoms with E-state index in [9.17, 15) is 9.59 Å². The van der Waals surface area contributed by atoms with Crippen molar-refractivity contribution in [2.45, 2.75) is 32.6 Å². The normalized spacial score (nSPS) is 15.3. The van der Waals surface area contributed by atoms with Gasteiger partial charge >= 0.3 is 12.0 Å². The minimum Gasteiger partial charge on any atom is -0.481 e. The Morgan fingerprint density at radius 2 is 2.05 bits per heavy atom. The first kappa shape index (κ1) is 15.4. The van der Waals surface area contributed by atoms with Crippen LogP contribution in [0, 0.1) is 11.8 Å². The van der Waals surface area contributed by atoms with E-state index in [1.54, 1.807) is 6.07 Å². The number of nitrogens with one attached hydrogen (secondary N) is 2. The Kier molecular flexibility index (Phi) is 5.20. The highest BCUT2D eigenvalue weighted by molar-refractivity contribution is 5.90. The van der Waals surface area contributed by atoms with Crippen LogP contribution in [0.25, 0.3) is 0 Å². The summed E-state index contributed by atoms with van der Waals surface area (Å²) >= 11 is 0. The van der Waals surface area contributed by atoms with E-state index >= 15 is 0 Å². The van der Waals surface area contributed by atoms with Crippen molar-refractivity contribution in [1.82, 2.24) is 5.32 Å². The van der Waals surface area contributed by atoms with Crippen LogP contribution in [0.1, 0.15) is 31.7 Å². The van der Waals surface area contributed by atoms with E-state index in [2.05, 4.69) is 17.6 Å². The van der Waals surface area contributed by atoms with Gasteiger partial charge in [0.25, 0.3) is 0 Å². The number of urea groups is 1. The molecule has 0 saturated heterocycles. The van der Waals surface area contributed by atoms with E-state index in [1.807, 2.05) is 18.2 Å². The maximum atomic E-state index is 11.9. The van der Waals surface area contributed by atoms with Crippen LogP contribution < -0.4 is 10.6 Å². The second-order valence-corrected chi connectivity index (χ2v) is 5.70. The van der Waals surface area contributed by atoms with E-state index < -0.39 is 5.97 Å². The van der Waals surface area contributed by atoms with Gasteiger partial charge < -0.3 is 15.7 Å². The van der Waals surface area contributed by atoms with Gasteiger partial charge in [-0.3, -0.25) is 4.79 Å². The molecule has 1 saturated carbocycles. The van der Waals surface area contributed by atoms with Crippen LogP contribution in [-0.2, 0) is 11.2 Å². The summed E-state index contributed by atoms with van der Waals surface area (Å²) in [4.78, 5) is 22.6. The van der Waals surface area contributed by atoms with Crippen LogP contribution in [-0.4, -0.2) is 23.7 Å². The average molecular weight is 290 g/mol. The lowest BCUT2D eigenvalue weighted by Gasteiger charge is -2.14. The SMILES string of the molecule is CC(CNC(=O)Nc1ccccc1CCC(=O)O)C1CC1. The third-order valence-electron chi connectivity index (χ3n) is 3.89. The number of rotatable bonds is 7. The topological polar surface area (TPSA) is 78.4 Å². The summed E-state index contributed by atoms with van der Waals surface area (Å²) in [6.45, 7) is 2.83. The maximum Gasteiger partial charge on any atom is 0.319 e. The second-order valence-electron chi connectivity index (χ2n) is 5.70. The van der Waals surface area contributed by atoms with Crippen molar-refractivity contribution in [3.8, 4) is 0 Å². The lowest BCUT2D eigenvalue weighted by Crippen LogP contribution is -2.33. The van der Waals surface area contributed by atoms with Crippen LogP contribution >= 0.6 is 0 Å². The summed E-state index contributed by atoms with van der Waals surface area (Å²) in [5, 5.41) is 14.4. The summed E-state index contributed by atoms with van der Waals surface area (Å²) < 4.78 is 0. The lowest BCUT2D eigenvalue weighted by molar-refractivity contribution is -0.136. The Balaban J connectivity index is 1.85. The number of amides is 2. The van der Waals surface area contributed by atoms with Crippen molar-refractivity contribution in [1.29, 1.82) is 0 Å². The fourth-order valence-corrected chi connectivity index (χ4v) is 2.35. The zero-order valence-corrected chi connectivity index (χ0v) is 12.3. The van der Waals surface area contributed by atoms with Crippen molar-refractivity contribution < 1.29 is 14.7 Å². The minimum atomic E-state index is -0.840. The number of anilines is 1. The number of benzene rings is 1. The molecule has 0 aliphatic heterocycles. The third-order valence-corrected chi connectivity index (χ3v) is 3.89. The molecule has 5 nitrogen and oxygen atoms in total. The molecule has 21 heavy (non-hydrogen) atoms. The number of aliphatic carboxylic acids is 1. The van der Waals surface area contributed by atoms with E-state index in [0.29, 0.717) is 24.6 Å². The standard InChI is InChI=1S/C16H22N2O3/c1-11(12-6-7-12)10-17-16(21)18-14-5-3-2-4-13(14)8-9-15(19)20/h2-5,11-12H,6-10H2,1H3,(H,19,20)(H2,17,18,21). The molecule has 3 N–H and O–H groups in total. The number of carbonyl (C=O) groups excluding carboxylic acids is 1. The highest BCUT2D eigenvalue weighted by Crippen LogP contribution is 2.36. The molecule has 1 aliphatic rings. The second kappa shape index (κ2) is 7.11. The quantitative estimate of drug-likeness (QED) is 0.722. The highest BCUT2D eigenvalue weighted by Gasteiger charge is 2.27. The predicted molar refractivity (Wildman–Crippen MR) is 81.3 cm³/mol. The molecule has 1 aliphatic carbocycles. The zero-order chi connectivity index (χ0) is 15.2. The molecular weight excluding hydrogens is 268 g/mol. The van der Waals surface area contributed by atoms with E-state index in [1.165, 1.54) is 12.8 Å². The molecule has 2 amide bonds. The first-order valence-electron chi connectivity index (χ1n) is 7.41. The summed E-state index contributed by atoms with van der Waals surface area (Å²) in [6.07, 6.45) is 2.99. The summed E-state index contributed by atoms with van der Waals surface area (Å²) in [7, 11) is 0. The van der Waals surface area contributed by atoms with Gasteiger partial charge in [0, 0.05) is 18.7 Å². The molecule has 1 atom stereocenters. The van der Waals surface area contributed by atoms with Gasteiger partial charge in [-0.15, -0.1) is 0 Å². The minimum absolute atomic E-state index is 0.0546. The fraction of sp³-hybridized carbons (Fsp3) is 0.500. The van der Waals surface area contributed by atoms with Gasteiger partial charge in [-0.1, -0.05) is 25.1 Å². The number of hydrogen-bond donors (Lipinski definition) is 3. The third kappa shape index (κ3) is 5.10. The van der Waals surface area contributed by atoms with Gasteiger partial charge in [-0.25, -0.2) is 4.79 Å². The molecule has 2 rings (SSSR count). The summed E-state index contributed by atoms with van der Waals surface area (Å²) in [5.74, 6) is 0.429. The number of hydrogen-bond acceptors (Lipinski definition) is 2. The monoisotopic (exact) mass is 290 g/mol. The van der Waals surface area contributed by atoms with Crippen LogP contribution in [0.15, 0.2) is 24.3 Å². The summed E-state index contributed by atoms with van der Waals surface area (Å²) in [5.41, 5.74) is 1.51. The highest BCUT2D eigenvalue weighted by atomic mass is 16.4. The molecule has 114 valence electrons. The maximum absolute atomic E-state index is 11.9. The molecule has 0 bridgehead atoms. The van der Waals surface area contributed by atoms with Gasteiger partial charge in [0.2, 0.25) is 0 Å². The van der Waals surface area contributed by atoms with Gasteiger partial charge in [0.15, 0.2) is 0 Å². The zero-order valence-electron chi connectivity index (χ0n) is 12.3. The first-order valence-corrected chi connectivity index (χ1v) is 7.41. The number of carboxylic acid groups (broad SMARTS) is 1. The molecule has 5 heteroatoms. The molecule has 0 radical (unpaired) electrons. The largest absolute Gasteiger partial charge is 0.481 e. The molecule has 1 fully saturated rings. The van der Waals surface area contributed by atoms with Crippen molar-refractivity contribution in [3.05, 3.63) is 29.8 Å². The fourth-order valence-electron chi connectivity index (χ4n) is 2.35. The van der Waals surface area contributed by atoms with Crippen molar-refractivity contribution in [2.75, 3.05) is 11.9 Å². The Morgan fingerprint density at radius 3 is 2.71 bits per heavy atom. The van der Waals surface area contributed by atoms with Crippen LogP contribution in [0.2, 0.25) is 0 Å². The molecule has 1 aromatic carbocycles. The molecule has 0 spiro atoms. The first-order chi connectivity index (χ1) is 10.1. The van der Waals surface area contributed by atoms with Gasteiger partial charge in [0.05, 0.1) is 0 Å². The molecular formula is C16H22N2O3. The van der Waals surface area contributed by atoms with E-state index in [4.69, 9.17) is 5.11 Å². The predicted octanol–water partition coefficient (Wildman–Crippen LogP) is 2.87. The number of carbonyl (C=O) groups is 2. The smallest absolute Gasteiger partial charge is 0.319 e. The van der Waals surface area contributed by atoms with Crippen LogP contribution in [0.5, 0.6) is 0 Å². The van der Waals surface area contributed by atoms with E-state index in [0.717, 1.165) is 11.5 Å². The Bertz CT molecular complexity index is 512. The van der Waals surface area contributed by atoms with Crippen LogP contribution in [0.3, 0.4) is 0 Å². The summed E-state index contributed by atoms with van der Waals surface area (Å²) in [6, 6.07) is 7.07. The van der Waals surface area contributed by atoms with Crippen molar-refractivity contribution in [3.63, 3.8) is 0 Å². The molecule has 0 aromatic heterocycles. The molecule has 1 unspecified atom stereocenters. The van der Waals surface area contributed by atoms with Crippen molar-refractivity contribution in [2.24, 2.45) is 11.8 Å². The van der Waals surface area contributed by atoms with Gasteiger partial charge in [-0.2, -0.15) is 0 Å². The average Bonchev–Trinajstić information content (AvgIpc) is 3.28. The molecule has 1 aromatic rings. The van der Waals surface area contributed by atoms with E-state index in [-0.39, 0.29) is 12.5 Å². The number of para-hydroxylation sites is 1. The Labute approximate surface area is 124 Å².